The van der Waals surface area contributed by atoms with Crippen molar-refractivity contribution in [3.8, 4) is 23.0 Å². The summed E-state index contributed by atoms with van der Waals surface area (Å²) in [7, 11) is 9.69. The van der Waals surface area contributed by atoms with E-state index < -0.39 is 6.10 Å². The summed E-state index contributed by atoms with van der Waals surface area (Å²) in [6, 6.07) is 0. The highest BCUT2D eigenvalue weighted by molar-refractivity contribution is 5.67. The maximum Gasteiger partial charge on any atom is 0.207 e. The summed E-state index contributed by atoms with van der Waals surface area (Å²) in [5.41, 5.74) is 1.49. The van der Waals surface area contributed by atoms with E-state index >= 15 is 0 Å². The zero-order valence-electron chi connectivity index (χ0n) is 37.2. The van der Waals surface area contributed by atoms with E-state index in [0.29, 0.717) is 41.8 Å². The number of benzene rings is 1. The minimum atomic E-state index is -0.689. The maximum atomic E-state index is 11.2. The van der Waals surface area contributed by atoms with E-state index in [1.807, 2.05) is 6.92 Å². The molecule has 0 aliphatic carbocycles. The third-order valence-electron chi connectivity index (χ3n) is 12.0. The summed E-state index contributed by atoms with van der Waals surface area (Å²) in [6.45, 7) is 4.79. The zero-order valence-corrected chi connectivity index (χ0v) is 37.2. The molecule has 2 fully saturated rings. The molecule has 3 rings (SSSR count). The van der Waals surface area contributed by atoms with Crippen molar-refractivity contribution >= 4 is 0 Å². The molecule has 2 aliphatic heterocycles. The van der Waals surface area contributed by atoms with Gasteiger partial charge in [0.05, 0.1) is 71.2 Å². The molecule has 2 unspecified atom stereocenters. The molecule has 0 amide bonds. The number of unbranched alkanes of at least 4 members (excludes halogenated alkanes) is 14. The van der Waals surface area contributed by atoms with Crippen LogP contribution >= 0.6 is 0 Å². The van der Waals surface area contributed by atoms with Crippen molar-refractivity contribution in [2.24, 2.45) is 0 Å². The lowest BCUT2D eigenvalue weighted by molar-refractivity contribution is -0.158. The van der Waals surface area contributed by atoms with E-state index in [1.54, 1.807) is 42.7 Å². The fraction of sp³-hybridized carbons (Fsp3) is 0.870. The Morgan fingerprint density at radius 2 is 0.895 bits per heavy atom. The fourth-order valence-corrected chi connectivity index (χ4v) is 8.92. The van der Waals surface area contributed by atoms with Gasteiger partial charge < -0.3 is 52.5 Å². The van der Waals surface area contributed by atoms with E-state index in [0.717, 1.165) is 69.8 Å². The summed E-state index contributed by atoms with van der Waals surface area (Å²) in [6.07, 6.45) is 26.0. The van der Waals surface area contributed by atoms with Crippen LogP contribution in [0.25, 0.3) is 0 Å². The number of aliphatic hydroxyl groups is 1. The van der Waals surface area contributed by atoms with Crippen molar-refractivity contribution in [1.29, 1.82) is 0 Å². The number of rotatable bonds is 34. The molecule has 2 aliphatic rings. The lowest BCUT2D eigenvalue weighted by atomic mass is 9.95. The van der Waals surface area contributed by atoms with E-state index in [2.05, 4.69) is 6.92 Å². The van der Waals surface area contributed by atoms with Crippen molar-refractivity contribution < 1.29 is 52.5 Å². The van der Waals surface area contributed by atoms with Gasteiger partial charge >= 0.3 is 0 Å². The molecule has 1 aromatic carbocycles. The van der Waals surface area contributed by atoms with E-state index in [4.69, 9.17) is 47.4 Å². The second-order valence-corrected chi connectivity index (χ2v) is 16.2. The molecule has 57 heavy (non-hydrogen) atoms. The lowest BCUT2D eigenvalue weighted by Gasteiger charge is -2.27. The summed E-state index contributed by atoms with van der Waals surface area (Å²) < 4.78 is 58.7. The number of aliphatic hydroxyl groups excluding tert-OH is 1. The Hall–Kier alpha value is -1.86. The van der Waals surface area contributed by atoms with Crippen LogP contribution in [-0.2, 0) is 28.4 Å². The highest BCUT2D eigenvalue weighted by Gasteiger charge is 2.42. The van der Waals surface area contributed by atoms with Gasteiger partial charge in [0.25, 0.3) is 0 Å². The summed E-state index contributed by atoms with van der Waals surface area (Å²) in [4.78, 5) is 0. The highest BCUT2D eigenvalue weighted by atomic mass is 16.7. The van der Waals surface area contributed by atoms with Gasteiger partial charge in [0.1, 0.15) is 13.6 Å². The second kappa shape index (κ2) is 29.4. The van der Waals surface area contributed by atoms with Crippen molar-refractivity contribution in [3.63, 3.8) is 0 Å². The molecule has 1 aromatic rings. The molecule has 1 N–H and O–H groups in total. The molecule has 0 spiro atoms. The Morgan fingerprint density at radius 1 is 0.509 bits per heavy atom. The SMILES string of the molecule is CCCCCCCCCC[C@H](OCOC)[C@@H]1CC[C@@H]([C@@H]2CC[C@@H](C(CCCCCCCCCCC(O)c3c(C)c(OC)c(OC)c(OC)c3OC)OCOC)O2)O1. The number of hydrogen-bond donors (Lipinski definition) is 1. The van der Waals surface area contributed by atoms with Crippen molar-refractivity contribution in [2.45, 2.75) is 204 Å². The first-order valence-electron chi connectivity index (χ1n) is 22.4. The third-order valence-corrected chi connectivity index (χ3v) is 12.0. The van der Waals surface area contributed by atoms with Crippen molar-refractivity contribution in [1.82, 2.24) is 0 Å². The normalized spacial score (nSPS) is 21.1. The zero-order chi connectivity index (χ0) is 41.3. The Morgan fingerprint density at radius 3 is 1.30 bits per heavy atom. The fourth-order valence-electron chi connectivity index (χ4n) is 8.92. The summed E-state index contributed by atoms with van der Waals surface area (Å²) in [5.74, 6) is 1.94. The first kappa shape index (κ1) is 49.5. The predicted octanol–water partition coefficient (Wildman–Crippen LogP) is 10.6. The molecule has 7 atom stereocenters. The number of methoxy groups -OCH3 is 6. The van der Waals surface area contributed by atoms with Crippen LogP contribution in [0.4, 0.5) is 0 Å². The molecule has 11 heteroatoms. The van der Waals surface area contributed by atoms with Gasteiger partial charge in [0.2, 0.25) is 11.5 Å². The molecule has 0 saturated carbocycles. The summed E-state index contributed by atoms with van der Waals surface area (Å²) in [5, 5.41) is 11.2. The molecule has 0 radical (unpaired) electrons. The molecule has 11 nitrogen and oxygen atoms in total. The van der Waals surface area contributed by atoms with Gasteiger partial charge in [0.15, 0.2) is 11.5 Å². The minimum absolute atomic E-state index is 0.0335. The van der Waals surface area contributed by atoms with Gasteiger partial charge in [-0.1, -0.05) is 110 Å². The van der Waals surface area contributed by atoms with Gasteiger partial charge in [-0.05, 0) is 51.9 Å². The Kier molecular flexibility index (Phi) is 25.5. The van der Waals surface area contributed by atoms with Gasteiger partial charge in [0, 0.05) is 25.3 Å². The van der Waals surface area contributed by atoms with E-state index in [9.17, 15) is 5.11 Å². The van der Waals surface area contributed by atoms with Crippen LogP contribution in [0.2, 0.25) is 0 Å². The maximum absolute atomic E-state index is 11.2. The predicted molar refractivity (Wildman–Crippen MR) is 225 cm³/mol. The smallest absolute Gasteiger partial charge is 0.207 e. The van der Waals surface area contributed by atoms with E-state index in [1.165, 1.54) is 77.0 Å². The minimum Gasteiger partial charge on any atom is -0.492 e. The topological polar surface area (TPSA) is 113 Å². The Balaban J connectivity index is 1.34. The molecule has 0 aromatic heterocycles. The second-order valence-electron chi connectivity index (χ2n) is 16.2. The summed E-state index contributed by atoms with van der Waals surface area (Å²) >= 11 is 0. The van der Waals surface area contributed by atoms with Gasteiger partial charge in [-0.25, -0.2) is 0 Å². The molecule has 332 valence electrons. The molecule has 0 bridgehead atoms. The average molecular weight is 811 g/mol. The average Bonchev–Trinajstić information content (AvgIpc) is 3.92. The van der Waals surface area contributed by atoms with Gasteiger partial charge in [-0.2, -0.15) is 0 Å². The largest absolute Gasteiger partial charge is 0.492 e. The first-order valence-corrected chi connectivity index (χ1v) is 22.4. The van der Waals surface area contributed by atoms with Gasteiger partial charge in [-0.3, -0.25) is 0 Å². The van der Waals surface area contributed by atoms with Gasteiger partial charge in [-0.15, -0.1) is 0 Å². The van der Waals surface area contributed by atoms with Crippen molar-refractivity contribution in [2.75, 3.05) is 56.2 Å². The lowest BCUT2D eigenvalue weighted by Crippen LogP contribution is -2.35. The highest BCUT2D eigenvalue weighted by Crippen LogP contribution is 2.51. The van der Waals surface area contributed by atoms with Crippen LogP contribution in [-0.4, -0.2) is 98.0 Å². The quantitative estimate of drug-likeness (QED) is 0.0530. The molecule has 2 saturated heterocycles. The Bertz CT molecular complexity index is 1180. The van der Waals surface area contributed by atoms with Crippen LogP contribution in [0.3, 0.4) is 0 Å². The molecular weight excluding hydrogens is 728 g/mol. The van der Waals surface area contributed by atoms with Crippen LogP contribution in [0, 0.1) is 6.92 Å². The van der Waals surface area contributed by atoms with Crippen LogP contribution in [0.1, 0.15) is 172 Å². The Labute approximate surface area is 346 Å². The standard InChI is InChI=1S/C46H82O11/c1-9-10-11-12-13-17-20-23-26-36(54-32-48-3)38-28-30-40(56-38)41-31-29-39(57-41)37(55-33-49-4)27-24-21-18-15-14-16-19-22-25-35(47)42-34(2)43(50-5)45(52-7)46(53-8)44(42)51-6/h35-41,47H,9-33H2,1-8H3/t35?,36-,37?,38-,39-,40-,41-/m0/s1. The van der Waals surface area contributed by atoms with Crippen LogP contribution < -0.4 is 18.9 Å². The van der Waals surface area contributed by atoms with Crippen LogP contribution in [0.15, 0.2) is 0 Å². The van der Waals surface area contributed by atoms with Crippen molar-refractivity contribution in [3.05, 3.63) is 11.1 Å². The molecular formula is C46H82O11. The van der Waals surface area contributed by atoms with E-state index in [-0.39, 0.29) is 43.4 Å². The monoisotopic (exact) mass is 811 g/mol. The number of hydrogen-bond acceptors (Lipinski definition) is 11. The third kappa shape index (κ3) is 16.3. The molecule has 2 heterocycles. The number of ether oxygens (including phenoxy) is 10. The first-order chi connectivity index (χ1) is 27.9. The van der Waals surface area contributed by atoms with Crippen LogP contribution in [0.5, 0.6) is 23.0 Å².